The Morgan fingerprint density at radius 3 is 2.86 bits per heavy atom. The first-order valence-electron chi connectivity index (χ1n) is 5.80. The molecule has 3 heteroatoms. The lowest BCUT2D eigenvalue weighted by atomic mass is 10.0. The van der Waals surface area contributed by atoms with Crippen molar-refractivity contribution in [3.63, 3.8) is 0 Å². The van der Waals surface area contributed by atoms with E-state index in [4.69, 9.17) is 0 Å². The Balaban J connectivity index is 1.79. The lowest BCUT2D eigenvalue weighted by Crippen LogP contribution is -2.51. The summed E-state index contributed by atoms with van der Waals surface area (Å²) >= 11 is 0. The number of amides is 1. The number of hydrogen-bond acceptors (Lipinski definition) is 2. The molecule has 2 saturated heterocycles. The van der Waals surface area contributed by atoms with Crippen molar-refractivity contribution in [1.82, 2.24) is 10.2 Å². The maximum absolute atomic E-state index is 11.9. The lowest BCUT2D eigenvalue weighted by Gasteiger charge is -2.30. The number of rotatable bonds is 3. The van der Waals surface area contributed by atoms with Gasteiger partial charge < -0.3 is 10.2 Å². The van der Waals surface area contributed by atoms with E-state index < -0.39 is 0 Å². The molecule has 0 saturated carbocycles. The highest BCUT2D eigenvalue weighted by Crippen LogP contribution is 2.22. The average Bonchev–Trinajstić information content (AvgIpc) is 2.50. The second-order valence-electron chi connectivity index (χ2n) is 4.58. The zero-order valence-corrected chi connectivity index (χ0v) is 8.96. The van der Waals surface area contributed by atoms with Crippen molar-refractivity contribution in [2.24, 2.45) is 11.8 Å². The van der Waals surface area contributed by atoms with Crippen LogP contribution >= 0.6 is 0 Å². The summed E-state index contributed by atoms with van der Waals surface area (Å²) in [6.07, 6.45) is 3.75. The SMILES string of the molecule is CCCC1CCN(C(=O)C2CNC2)C1. The minimum atomic E-state index is 0.287. The van der Waals surface area contributed by atoms with Gasteiger partial charge in [-0.25, -0.2) is 0 Å². The first-order valence-corrected chi connectivity index (χ1v) is 5.80. The average molecular weight is 196 g/mol. The molecule has 80 valence electrons. The second-order valence-corrected chi connectivity index (χ2v) is 4.58. The topological polar surface area (TPSA) is 32.3 Å². The Morgan fingerprint density at radius 2 is 2.29 bits per heavy atom. The van der Waals surface area contributed by atoms with Crippen molar-refractivity contribution in [3.05, 3.63) is 0 Å². The van der Waals surface area contributed by atoms with E-state index in [-0.39, 0.29) is 5.92 Å². The van der Waals surface area contributed by atoms with Crippen LogP contribution in [0, 0.1) is 11.8 Å². The van der Waals surface area contributed by atoms with Crippen molar-refractivity contribution in [1.29, 1.82) is 0 Å². The molecule has 1 atom stereocenters. The number of nitrogens with zero attached hydrogens (tertiary/aromatic N) is 1. The van der Waals surface area contributed by atoms with Crippen molar-refractivity contribution in [3.8, 4) is 0 Å². The number of carbonyl (C=O) groups is 1. The normalized spacial score (nSPS) is 27.8. The molecule has 1 N–H and O–H groups in total. The molecule has 2 rings (SSSR count). The third kappa shape index (κ3) is 1.92. The van der Waals surface area contributed by atoms with E-state index in [1.165, 1.54) is 19.3 Å². The lowest BCUT2D eigenvalue weighted by molar-refractivity contribution is -0.136. The van der Waals surface area contributed by atoms with E-state index in [1.807, 2.05) is 0 Å². The Kier molecular flexibility index (Phi) is 3.06. The quantitative estimate of drug-likeness (QED) is 0.726. The Bertz CT molecular complexity index is 213. The van der Waals surface area contributed by atoms with E-state index in [1.54, 1.807) is 0 Å². The van der Waals surface area contributed by atoms with Gasteiger partial charge in [0, 0.05) is 26.2 Å². The number of likely N-dealkylation sites (tertiary alicyclic amines) is 1. The first-order chi connectivity index (χ1) is 6.81. The van der Waals surface area contributed by atoms with Crippen LogP contribution in [0.3, 0.4) is 0 Å². The molecule has 3 nitrogen and oxygen atoms in total. The van der Waals surface area contributed by atoms with Crippen LogP contribution in [0.1, 0.15) is 26.2 Å². The van der Waals surface area contributed by atoms with Crippen LogP contribution in [0.5, 0.6) is 0 Å². The van der Waals surface area contributed by atoms with Crippen molar-refractivity contribution < 1.29 is 4.79 Å². The van der Waals surface area contributed by atoms with Crippen LogP contribution in [0.4, 0.5) is 0 Å². The van der Waals surface area contributed by atoms with Crippen LogP contribution < -0.4 is 5.32 Å². The van der Waals surface area contributed by atoms with Gasteiger partial charge in [-0.05, 0) is 18.8 Å². The Labute approximate surface area is 85.8 Å². The Morgan fingerprint density at radius 1 is 1.50 bits per heavy atom. The van der Waals surface area contributed by atoms with Gasteiger partial charge in [0.1, 0.15) is 0 Å². The van der Waals surface area contributed by atoms with E-state index in [0.29, 0.717) is 5.91 Å². The van der Waals surface area contributed by atoms with Crippen molar-refractivity contribution in [2.45, 2.75) is 26.2 Å². The van der Waals surface area contributed by atoms with Crippen LogP contribution in [-0.2, 0) is 4.79 Å². The molecule has 1 unspecified atom stereocenters. The fourth-order valence-corrected chi connectivity index (χ4v) is 2.40. The third-order valence-electron chi connectivity index (χ3n) is 3.43. The highest BCUT2D eigenvalue weighted by Gasteiger charge is 2.33. The van der Waals surface area contributed by atoms with Gasteiger partial charge in [0.2, 0.25) is 5.91 Å². The van der Waals surface area contributed by atoms with E-state index in [9.17, 15) is 4.79 Å². The maximum atomic E-state index is 11.9. The largest absolute Gasteiger partial charge is 0.342 e. The molecule has 0 aromatic heterocycles. The fraction of sp³-hybridized carbons (Fsp3) is 0.909. The zero-order valence-electron chi connectivity index (χ0n) is 8.96. The van der Waals surface area contributed by atoms with E-state index in [2.05, 4.69) is 17.1 Å². The molecule has 2 heterocycles. The number of hydrogen-bond donors (Lipinski definition) is 1. The smallest absolute Gasteiger partial charge is 0.228 e. The molecule has 2 aliphatic rings. The predicted molar refractivity (Wildman–Crippen MR) is 56.0 cm³/mol. The van der Waals surface area contributed by atoms with Gasteiger partial charge >= 0.3 is 0 Å². The van der Waals surface area contributed by atoms with Gasteiger partial charge in [-0.2, -0.15) is 0 Å². The molecular formula is C11H20N2O. The van der Waals surface area contributed by atoms with E-state index in [0.717, 1.165) is 32.1 Å². The summed E-state index contributed by atoms with van der Waals surface area (Å²) < 4.78 is 0. The molecule has 0 bridgehead atoms. The monoisotopic (exact) mass is 196 g/mol. The molecule has 2 fully saturated rings. The minimum absolute atomic E-state index is 0.287. The number of nitrogens with one attached hydrogen (secondary N) is 1. The zero-order chi connectivity index (χ0) is 9.97. The molecule has 14 heavy (non-hydrogen) atoms. The standard InChI is InChI=1S/C11H20N2O/c1-2-3-9-4-5-13(8-9)11(14)10-6-12-7-10/h9-10,12H,2-8H2,1H3. The highest BCUT2D eigenvalue weighted by atomic mass is 16.2. The first kappa shape index (κ1) is 9.97. The van der Waals surface area contributed by atoms with Crippen molar-refractivity contribution >= 4 is 5.91 Å². The fourth-order valence-electron chi connectivity index (χ4n) is 2.40. The maximum Gasteiger partial charge on any atom is 0.228 e. The molecule has 0 radical (unpaired) electrons. The predicted octanol–water partition coefficient (Wildman–Crippen LogP) is 0.854. The summed E-state index contributed by atoms with van der Waals surface area (Å²) in [5, 5.41) is 3.15. The summed E-state index contributed by atoms with van der Waals surface area (Å²) in [6, 6.07) is 0. The summed E-state index contributed by atoms with van der Waals surface area (Å²) in [5.74, 6) is 1.45. The molecule has 0 aromatic rings. The van der Waals surface area contributed by atoms with Gasteiger partial charge in [0.05, 0.1) is 5.92 Å². The van der Waals surface area contributed by atoms with Crippen LogP contribution in [0.25, 0.3) is 0 Å². The number of carbonyl (C=O) groups excluding carboxylic acids is 1. The van der Waals surface area contributed by atoms with Crippen LogP contribution in [-0.4, -0.2) is 37.0 Å². The van der Waals surface area contributed by atoms with Gasteiger partial charge in [0.15, 0.2) is 0 Å². The molecule has 0 aromatic carbocycles. The Hall–Kier alpha value is -0.570. The van der Waals surface area contributed by atoms with E-state index >= 15 is 0 Å². The summed E-state index contributed by atoms with van der Waals surface area (Å²) in [7, 11) is 0. The second kappa shape index (κ2) is 4.30. The van der Waals surface area contributed by atoms with Crippen LogP contribution in [0.2, 0.25) is 0 Å². The minimum Gasteiger partial charge on any atom is -0.342 e. The summed E-state index contributed by atoms with van der Waals surface area (Å²) in [6.45, 7) is 6.03. The molecule has 1 amide bonds. The summed E-state index contributed by atoms with van der Waals surface area (Å²) in [4.78, 5) is 13.9. The highest BCUT2D eigenvalue weighted by molar-refractivity contribution is 5.80. The molecule has 2 aliphatic heterocycles. The summed E-state index contributed by atoms with van der Waals surface area (Å²) in [5.41, 5.74) is 0. The van der Waals surface area contributed by atoms with Gasteiger partial charge in [-0.1, -0.05) is 13.3 Å². The molecule has 0 spiro atoms. The van der Waals surface area contributed by atoms with Crippen molar-refractivity contribution in [2.75, 3.05) is 26.2 Å². The molecule has 0 aliphatic carbocycles. The molecular weight excluding hydrogens is 176 g/mol. The van der Waals surface area contributed by atoms with Gasteiger partial charge in [-0.15, -0.1) is 0 Å². The van der Waals surface area contributed by atoms with Crippen LogP contribution in [0.15, 0.2) is 0 Å². The van der Waals surface area contributed by atoms with Gasteiger partial charge in [-0.3, -0.25) is 4.79 Å². The van der Waals surface area contributed by atoms with Gasteiger partial charge in [0.25, 0.3) is 0 Å². The third-order valence-corrected chi connectivity index (χ3v) is 3.43.